The quantitative estimate of drug-likeness (QED) is 0.0812. The van der Waals surface area contributed by atoms with Gasteiger partial charge in [-0.1, -0.05) is 175 Å². The molecule has 4 aliphatic rings. The van der Waals surface area contributed by atoms with Gasteiger partial charge in [0.05, 0.1) is 17.3 Å². The van der Waals surface area contributed by atoms with Crippen LogP contribution in [0.3, 0.4) is 0 Å². The van der Waals surface area contributed by atoms with E-state index in [2.05, 4.69) is 185 Å². The van der Waals surface area contributed by atoms with Gasteiger partial charge in [-0.25, -0.2) is 15.0 Å². The highest BCUT2D eigenvalue weighted by Crippen LogP contribution is 2.53. The second-order valence-corrected chi connectivity index (χ2v) is 19.1. The minimum Gasteiger partial charge on any atom is -0.383 e. The first-order valence-corrected chi connectivity index (χ1v) is 25.4. The number of anilines is 2. The topological polar surface area (TPSA) is 95.7 Å². The SMILES string of the molecule is CC(N=C(N=C(N)c1ccccc1)c1ccc(-n2c3c(c4ccccc42)C(C2=CC=C4C(C2)c2ccccc2N4c2ccc(C4=NC(c5ccccc5)NC(c5ccccc5)=N4)cc2)=C=C=C3)cc1)c1ccccc1. The maximum absolute atomic E-state index is 6.64. The molecule has 9 aromatic rings. The van der Waals surface area contributed by atoms with Crippen molar-refractivity contribution in [2.45, 2.75) is 31.5 Å². The summed E-state index contributed by atoms with van der Waals surface area (Å²) in [6.45, 7) is 2.09. The maximum atomic E-state index is 6.64. The first kappa shape index (κ1) is 45.1. The highest BCUT2D eigenvalue weighted by molar-refractivity contribution is 6.13. The van der Waals surface area contributed by atoms with Crippen molar-refractivity contribution in [1.29, 1.82) is 0 Å². The molecule has 0 fully saturated rings. The Morgan fingerprint density at radius 3 is 2.11 bits per heavy atom. The van der Waals surface area contributed by atoms with E-state index in [9.17, 15) is 0 Å². The number of aliphatic imine (C=N–C) groups is 4. The molecular formula is C67H50N8. The predicted molar refractivity (Wildman–Crippen MR) is 307 cm³/mol. The van der Waals surface area contributed by atoms with Crippen LogP contribution < -0.4 is 16.0 Å². The second-order valence-electron chi connectivity index (χ2n) is 19.1. The van der Waals surface area contributed by atoms with Crippen LogP contribution in [-0.2, 0) is 0 Å². The molecule has 3 N–H and O–H groups in total. The number of amidine groups is 4. The molecule has 0 radical (unpaired) electrons. The molecule has 8 nitrogen and oxygen atoms in total. The van der Waals surface area contributed by atoms with Crippen molar-refractivity contribution in [1.82, 2.24) is 9.88 Å². The zero-order valence-corrected chi connectivity index (χ0v) is 41.2. The van der Waals surface area contributed by atoms with Crippen molar-refractivity contribution >= 4 is 57.3 Å². The van der Waals surface area contributed by atoms with Crippen LogP contribution in [0, 0.1) is 0 Å². The smallest absolute Gasteiger partial charge is 0.159 e. The molecule has 0 bridgehead atoms. The fourth-order valence-electron chi connectivity index (χ4n) is 10.8. The van der Waals surface area contributed by atoms with Crippen LogP contribution in [0.15, 0.2) is 273 Å². The fourth-order valence-corrected chi connectivity index (χ4v) is 10.8. The third-order valence-corrected chi connectivity index (χ3v) is 14.5. The number of para-hydroxylation sites is 2. The minimum absolute atomic E-state index is 0.137. The van der Waals surface area contributed by atoms with E-state index < -0.39 is 0 Å². The lowest BCUT2D eigenvalue weighted by Crippen LogP contribution is -2.33. The Labute approximate surface area is 436 Å². The van der Waals surface area contributed by atoms with E-state index in [1.54, 1.807) is 0 Å². The molecule has 13 rings (SSSR count). The van der Waals surface area contributed by atoms with Crippen molar-refractivity contribution in [3.05, 3.63) is 303 Å². The van der Waals surface area contributed by atoms with Gasteiger partial charge in [0.15, 0.2) is 11.7 Å². The van der Waals surface area contributed by atoms with Crippen LogP contribution in [0.5, 0.6) is 0 Å². The van der Waals surface area contributed by atoms with E-state index in [0.29, 0.717) is 17.5 Å². The summed E-state index contributed by atoms with van der Waals surface area (Å²) in [6.07, 6.45) is 7.22. The number of nitrogens with two attached hydrogens (primary N) is 1. The van der Waals surface area contributed by atoms with Gasteiger partial charge in [0.1, 0.15) is 17.8 Å². The number of benzene rings is 8. The Bertz CT molecular complexity index is 3960. The molecule has 8 heteroatoms. The fraction of sp³-hybridized carbons (Fsp3) is 0.0746. The Hall–Kier alpha value is -9.84. The molecule has 3 unspecified atom stereocenters. The third-order valence-electron chi connectivity index (χ3n) is 14.5. The van der Waals surface area contributed by atoms with Crippen LogP contribution in [0.25, 0.3) is 28.2 Å². The molecule has 2 aliphatic carbocycles. The van der Waals surface area contributed by atoms with Crippen LogP contribution in [0.1, 0.15) is 81.7 Å². The second kappa shape index (κ2) is 19.3. The molecular weight excluding hydrogens is 917 g/mol. The van der Waals surface area contributed by atoms with Crippen LogP contribution in [0.2, 0.25) is 0 Å². The molecule has 3 atom stereocenters. The van der Waals surface area contributed by atoms with Gasteiger partial charge in [-0.3, -0.25) is 4.99 Å². The summed E-state index contributed by atoms with van der Waals surface area (Å²) in [5.41, 5.74) is 31.1. The molecule has 0 saturated heterocycles. The summed E-state index contributed by atoms with van der Waals surface area (Å²) in [5.74, 6) is 2.62. The van der Waals surface area contributed by atoms with E-state index in [1.807, 2.05) is 84.9 Å². The Kier molecular flexibility index (Phi) is 11.6. The first-order chi connectivity index (χ1) is 37.0. The van der Waals surface area contributed by atoms with Gasteiger partial charge < -0.3 is 20.5 Å². The van der Waals surface area contributed by atoms with E-state index >= 15 is 0 Å². The molecule has 0 saturated carbocycles. The number of fused-ring (bicyclic) bond motifs is 6. The Balaban J connectivity index is 0.829. The van der Waals surface area contributed by atoms with Crippen molar-refractivity contribution in [2.75, 3.05) is 4.90 Å². The lowest BCUT2D eigenvalue weighted by Gasteiger charge is -2.27. The molecule has 3 heterocycles. The molecule has 358 valence electrons. The standard InChI is InChI=1S/C67H50N8/c1-44(45-19-6-2-7-20-45)69-64(70-63(68)46-21-8-3-9-22-46)49-33-40-53(41-34-49)75-59-31-17-15-28-56(59)62-54(29-18-32-61(62)75)51-37-42-60-57(43-51)55-27-14-16-30-58(55)74(60)52-38-35-50(36-39-52)67-72-65(47-23-10-4-11-24-47)71-66(73-67)48-25-12-5-13-26-48/h2-17,19-28,30-42,44,57,65H,43H2,1H3,(H2,68,69,70)(H,71,72,73). The summed E-state index contributed by atoms with van der Waals surface area (Å²) < 4.78 is 2.33. The van der Waals surface area contributed by atoms with E-state index in [-0.39, 0.29) is 18.1 Å². The third kappa shape index (κ3) is 8.46. The number of allylic oxidation sites excluding steroid dienone is 5. The highest BCUT2D eigenvalue weighted by Gasteiger charge is 2.38. The lowest BCUT2D eigenvalue weighted by atomic mass is 9.82. The van der Waals surface area contributed by atoms with Crippen LogP contribution >= 0.6 is 0 Å². The van der Waals surface area contributed by atoms with E-state index in [1.165, 1.54) is 22.5 Å². The van der Waals surface area contributed by atoms with Crippen molar-refractivity contribution in [3.8, 4) is 5.69 Å². The van der Waals surface area contributed by atoms with Gasteiger partial charge in [-0.15, -0.1) is 0 Å². The summed E-state index contributed by atoms with van der Waals surface area (Å²) in [6, 6.07) is 75.2. The predicted octanol–water partition coefficient (Wildman–Crippen LogP) is 14.4. The number of nitrogens with one attached hydrogen (secondary N) is 1. The average Bonchev–Trinajstić information content (AvgIpc) is 4.00. The molecule has 8 aromatic carbocycles. The van der Waals surface area contributed by atoms with E-state index in [0.717, 1.165) is 84.7 Å². The Morgan fingerprint density at radius 1 is 0.667 bits per heavy atom. The summed E-state index contributed by atoms with van der Waals surface area (Å²) in [7, 11) is 0. The monoisotopic (exact) mass is 966 g/mol. The zero-order chi connectivity index (χ0) is 50.2. The molecule has 75 heavy (non-hydrogen) atoms. The summed E-state index contributed by atoms with van der Waals surface area (Å²) in [4.78, 5) is 22.7. The average molecular weight is 967 g/mol. The van der Waals surface area contributed by atoms with Gasteiger partial charge in [0, 0.05) is 73.5 Å². The van der Waals surface area contributed by atoms with Crippen LogP contribution in [0.4, 0.5) is 11.4 Å². The van der Waals surface area contributed by atoms with Gasteiger partial charge in [-0.05, 0) is 102 Å². The molecule has 0 amide bonds. The molecule has 1 aromatic heterocycles. The Morgan fingerprint density at radius 2 is 1.33 bits per heavy atom. The molecule has 0 spiro atoms. The summed E-state index contributed by atoms with van der Waals surface area (Å²) in [5, 5.41) is 4.74. The lowest BCUT2D eigenvalue weighted by molar-refractivity contribution is 0.674. The van der Waals surface area contributed by atoms with Gasteiger partial charge in [0.25, 0.3) is 0 Å². The number of aromatic nitrogens is 1. The summed E-state index contributed by atoms with van der Waals surface area (Å²) >= 11 is 0. The van der Waals surface area contributed by atoms with Crippen LogP contribution in [-0.4, -0.2) is 27.9 Å². The van der Waals surface area contributed by atoms with Gasteiger partial charge >= 0.3 is 0 Å². The number of hydrogen-bond donors (Lipinski definition) is 2. The zero-order valence-electron chi connectivity index (χ0n) is 41.2. The van der Waals surface area contributed by atoms with Gasteiger partial charge in [-0.2, -0.15) is 0 Å². The first-order valence-electron chi connectivity index (χ1n) is 25.4. The number of nitrogens with zero attached hydrogens (tertiary/aromatic N) is 6. The van der Waals surface area contributed by atoms with Crippen molar-refractivity contribution in [3.63, 3.8) is 0 Å². The van der Waals surface area contributed by atoms with Gasteiger partial charge in [0.2, 0.25) is 0 Å². The largest absolute Gasteiger partial charge is 0.383 e. The van der Waals surface area contributed by atoms with E-state index in [4.69, 9.17) is 25.7 Å². The highest BCUT2D eigenvalue weighted by atomic mass is 15.2. The number of rotatable bonds is 10. The van der Waals surface area contributed by atoms with Crippen molar-refractivity contribution in [2.24, 2.45) is 25.7 Å². The minimum atomic E-state index is -0.266. The normalized spacial score (nSPS) is 17.2. The molecule has 2 aliphatic heterocycles. The maximum Gasteiger partial charge on any atom is 0.159 e. The van der Waals surface area contributed by atoms with Crippen molar-refractivity contribution < 1.29 is 0 Å². The number of hydrogen-bond acceptors (Lipinski definition) is 5.